The maximum atomic E-state index is 12.5. The van der Waals surface area contributed by atoms with Crippen LogP contribution in [0.25, 0.3) is 0 Å². The van der Waals surface area contributed by atoms with Gasteiger partial charge in [-0.05, 0) is 44.1 Å². The van der Waals surface area contributed by atoms with E-state index >= 15 is 0 Å². The van der Waals surface area contributed by atoms with Crippen molar-refractivity contribution in [2.75, 3.05) is 39.6 Å². The molecule has 1 aliphatic heterocycles. The highest BCUT2D eigenvalue weighted by Crippen LogP contribution is 2.24. The molecule has 1 fully saturated rings. The van der Waals surface area contributed by atoms with E-state index in [1.165, 1.54) is 6.08 Å². The summed E-state index contributed by atoms with van der Waals surface area (Å²) in [5, 5.41) is 5.87. The van der Waals surface area contributed by atoms with Gasteiger partial charge in [0.15, 0.2) is 0 Å². The van der Waals surface area contributed by atoms with Crippen LogP contribution in [0.5, 0.6) is 0 Å². The van der Waals surface area contributed by atoms with Crippen molar-refractivity contribution >= 4 is 17.5 Å². The van der Waals surface area contributed by atoms with Crippen molar-refractivity contribution in [1.29, 1.82) is 0 Å². The number of nitrogens with one attached hydrogen (secondary N) is 3. The molecule has 1 heterocycles. The zero-order chi connectivity index (χ0) is 21.9. The van der Waals surface area contributed by atoms with Gasteiger partial charge in [0.25, 0.3) is 5.91 Å². The molecular weight excluding hydrogens is 384 g/mol. The van der Waals surface area contributed by atoms with E-state index in [4.69, 9.17) is 9.57 Å². The van der Waals surface area contributed by atoms with Crippen LogP contribution in [0.2, 0.25) is 0 Å². The average Bonchev–Trinajstić information content (AvgIpc) is 3.17. The summed E-state index contributed by atoms with van der Waals surface area (Å²) < 4.78 is 5.62. The first-order valence-corrected chi connectivity index (χ1v) is 10.3. The first kappa shape index (κ1) is 23.9. The quantitative estimate of drug-likeness (QED) is 0.374. The molecule has 0 saturated carbocycles. The maximum absolute atomic E-state index is 12.5. The Balaban J connectivity index is 1.67. The number of anilines is 1. The number of amides is 2. The number of methoxy groups -OCH3 is 1. The number of rotatable bonds is 11. The van der Waals surface area contributed by atoms with Crippen LogP contribution >= 0.6 is 0 Å². The summed E-state index contributed by atoms with van der Waals surface area (Å²) in [5.74, 6) is -0.750. The molecule has 8 nitrogen and oxygen atoms in total. The van der Waals surface area contributed by atoms with Crippen LogP contribution in [0.15, 0.2) is 36.4 Å². The summed E-state index contributed by atoms with van der Waals surface area (Å²) in [6, 6.07) is 7.96. The normalized spacial score (nSPS) is 18.9. The summed E-state index contributed by atoms with van der Waals surface area (Å²) >= 11 is 0. The fourth-order valence-electron chi connectivity index (χ4n) is 3.67. The topological polar surface area (TPSA) is 91.9 Å². The Bertz CT molecular complexity index is 708. The molecule has 3 unspecified atom stereocenters. The van der Waals surface area contributed by atoms with Gasteiger partial charge in [-0.15, -0.1) is 0 Å². The second-order valence-corrected chi connectivity index (χ2v) is 7.53. The van der Waals surface area contributed by atoms with E-state index in [-0.39, 0.29) is 43.0 Å². The number of nitrogens with zero attached hydrogens (tertiary/aromatic N) is 1. The van der Waals surface area contributed by atoms with Gasteiger partial charge in [-0.1, -0.05) is 25.1 Å². The lowest BCUT2D eigenvalue weighted by Gasteiger charge is -2.31. The summed E-state index contributed by atoms with van der Waals surface area (Å²) in [5.41, 5.74) is 4.31. The smallest absolute Gasteiger partial charge is 0.267 e. The number of benzene rings is 1. The molecule has 1 aromatic carbocycles. The van der Waals surface area contributed by atoms with Gasteiger partial charge in [0.2, 0.25) is 5.91 Å². The average molecular weight is 419 g/mol. The lowest BCUT2D eigenvalue weighted by Crippen LogP contribution is -2.46. The van der Waals surface area contributed by atoms with Crippen LogP contribution in [0.1, 0.15) is 25.3 Å². The molecule has 8 heteroatoms. The van der Waals surface area contributed by atoms with Crippen molar-refractivity contribution in [3.63, 3.8) is 0 Å². The van der Waals surface area contributed by atoms with Gasteiger partial charge in [-0.2, -0.15) is 0 Å². The Kier molecular flexibility index (Phi) is 9.79. The van der Waals surface area contributed by atoms with Crippen LogP contribution in [0, 0.1) is 5.92 Å². The molecule has 0 bridgehead atoms. The highest BCUT2D eigenvalue weighted by atomic mass is 16.6. The number of hydrogen-bond donors (Lipinski definition) is 3. The molecule has 1 saturated heterocycles. The highest BCUT2D eigenvalue weighted by Gasteiger charge is 2.35. The molecule has 30 heavy (non-hydrogen) atoms. The number of likely N-dealkylation sites (N-methyl/N-ethyl adjacent to an activating group) is 1. The van der Waals surface area contributed by atoms with Crippen LogP contribution in [0.4, 0.5) is 5.69 Å². The van der Waals surface area contributed by atoms with E-state index in [1.54, 1.807) is 13.2 Å². The van der Waals surface area contributed by atoms with Gasteiger partial charge in [-0.3, -0.25) is 14.4 Å². The van der Waals surface area contributed by atoms with Gasteiger partial charge < -0.3 is 20.3 Å². The second-order valence-electron chi connectivity index (χ2n) is 7.53. The molecule has 1 aliphatic rings. The Morgan fingerprint density at radius 2 is 2.03 bits per heavy atom. The standard InChI is InChI=1S/C22H34N4O4/c1-16(21(29-4)19-7-6-14-26(19)3)22(28)24-13-5-8-20(27)25-30-15-17-9-11-18(23-2)12-10-17/h5,8-12,16,19,21,23H,6-7,13-15H2,1-4H3,(H,24,28)(H,25,27)/b8-5+. The summed E-state index contributed by atoms with van der Waals surface area (Å²) in [7, 11) is 5.57. The van der Waals surface area contributed by atoms with E-state index in [9.17, 15) is 9.59 Å². The third-order valence-corrected chi connectivity index (χ3v) is 5.45. The number of ether oxygens (including phenoxy) is 1. The molecule has 2 amide bonds. The van der Waals surface area contributed by atoms with E-state index in [1.807, 2.05) is 38.2 Å². The molecule has 0 aliphatic carbocycles. The van der Waals surface area contributed by atoms with Crippen LogP contribution in [0.3, 0.4) is 0 Å². The largest absolute Gasteiger partial charge is 0.388 e. The van der Waals surface area contributed by atoms with Gasteiger partial charge in [0.05, 0.1) is 18.6 Å². The number of likely N-dealkylation sites (tertiary alicyclic amines) is 1. The lowest BCUT2D eigenvalue weighted by atomic mass is 9.95. The van der Waals surface area contributed by atoms with Gasteiger partial charge in [0.1, 0.15) is 0 Å². The highest BCUT2D eigenvalue weighted by molar-refractivity contribution is 5.86. The van der Waals surface area contributed by atoms with Gasteiger partial charge in [-0.25, -0.2) is 5.48 Å². The van der Waals surface area contributed by atoms with Crippen molar-refractivity contribution in [2.45, 2.75) is 38.5 Å². The molecule has 3 atom stereocenters. The second kappa shape index (κ2) is 12.3. The Hall–Kier alpha value is -2.42. The van der Waals surface area contributed by atoms with Crippen molar-refractivity contribution in [3.8, 4) is 0 Å². The third-order valence-electron chi connectivity index (χ3n) is 5.45. The molecule has 1 aromatic rings. The van der Waals surface area contributed by atoms with E-state index < -0.39 is 0 Å². The van der Waals surface area contributed by atoms with Crippen LogP contribution < -0.4 is 16.1 Å². The van der Waals surface area contributed by atoms with E-state index in [0.717, 1.165) is 30.6 Å². The Labute approximate surface area is 178 Å². The summed E-state index contributed by atoms with van der Waals surface area (Å²) in [4.78, 5) is 31.7. The molecule has 0 radical (unpaired) electrons. The van der Waals surface area contributed by atoms with Crippen molar-refractivity contribution < 1.29 is 19.2 Å². The predicted molar refractivity (Wildman–Crippen MR) is 117 cm³/mol. The monoisotopic (exact) mass is 418 g/mol. The number of carbonyl (C=O) groups excluding carboxylic acids is 2. The Morgan fingerprint density at radius 3 is 2.63 bits per heavy atom. The minimum absolute atomic E-state index is 0.0894. The molecule has 0 spiro atoms. The fraction of sp³-hybridized carbons (Fsp3) is 0.545. The number of hydroxylamine groups is 1. The van der Waals surface area contributed by atoms with E-state index in [0.29, 0.717) is 0 Å². The van der Waals surface area contributed by atoms with Crippen molar-refractivity contribution in [2.24, 2.45) is 5.92 Å². The third kappa shape index (κ3) is 7.12. The van der Waals surface area contributed by atoms with E-state index in [2.05, 4.69) is 28.1 Å². The molecule has 166 valence electrons. The molecule has 0 aromatic heterocycles. The molecule has 3 N–H and O–H groups in total. The predicted octanol–water partition coefficient (Wildman–Crippen LogP) is 1.69. The Morgan fingerprint density at radius 1 is 1.30 bits per heavy atom. The van der Waals surface area contributed by atoms with Gasteiger partial charge in [0, 0.05) is 38.5 Å². The van der Waals surface area contributed by atoms with Crippen molar-refractivity contribution in [1.82, 2.24) is 15.7 Å². The fourth-order valence-corrected chi connectivity index (χ4v) is 3.67. The first-order chi connectivity index (χ1) is 14.5. The summed E-state index contributed by atoms with van der Waals surface area (Å²) in [6.07, 6.45) is 4.94. The van der Waals surface area contributed by atoms with Crippen molar-refractivity contribution in [3.05, 3.63) is 42.0 Å². The first-order valence-electron chi connectivity index (χ1n) is 10.3. The number of carbonyl (C=O) groups is 2. The zero-order valence-corrected chi connectivity index (χ0v) is 18.3. The summed E-state index contributed by atoms with van der Waals surface area (Å²) in [6.45, 7) is 3.44. The number of hydrogen-bond acceptors (Lipinski definition) is 6. The van der Waals surface area contributed by atoms with Crippen LogP contribution in [-0.2, 0) is 25.8 Å². The maximum Gasteiger partial charge on any atom is 0.267 e. The minimum atomic E-state index is -0.383. The molecule has 2 rings (SSSR count). The van der Waals surface area contributed by atoms with Gasteiger partial charge >= 0.3 is 0 Å². The lowest BCUT2D eigenvalue weighted by molar-refractivity contribution is -0.131. The SMILES string of the molecule is CNc1ccc(CONC(=O)/C=C/CNC(=O)C(C)C(OC)C2CCCN2C)cc1. The van der Waals surface area contributed by atoms with Crippen LogP contribution in [-0.4, -0.2) is 63.2 Å². The minimum Gasteiger partial charge on any atom is -0.388 e. The zero-order valence-electron chi connectivity index (χ0n) is 18.3. The molecular formula is C22H34N4O4.